The van der Waals surface area contributed by atoms with Crippen molar-refractivity contribution in [3.63, 3.8) is 0 Å². The summed E-state index contributed by atoms with van der Waals surface area (Å²) >= 11 is 3.06. The van der Waals surface area contributed by atoms with Gasteiger partial charge in [-0.15, -0.1) is 26.3 Å². The molecule has 2 aromatic heterocycles. The lowest BCUT2D eigenvalue weighted by molar-refractivity contribution is -0.275. The van der Waals surface area contributed by atoms with Crippen molar-refractivity contribution in [2.45, 2.75) is 50.5 Å². The summed E-state index contributed by atoms with van der Waals surface area (Å²) in [5.41, 5.74) is -0.245. The second-order valence-electron chi connectivity index (χ2n) is 10.7. The predicted octanol–water partition coefficient (Wildman–Crippen LogP) is 6.22. The number of fused-ring (bicyclic) bond motifs is 2. The topological polar surface area (TPSA) is 145 Å². The lowest BCUT2D eigenvalue weighted by atomic mass is 10.1. The van der Waals surface area contributed by atoms with E-state index >= 15 is 0 Å². The van der Waals surface area contributed by atoms with E-state index in [1.165, 1.54) is 30.6 Å². The van der Waals surface area contributed by atoms with Crippen molar-refractivity contribution >= 4 is 49.3 Å². The van der Waals surface area contributed by atoms with E-state index in [4.69, 9.17) is 14.7 Å². The summed E-state index contributed by atoms with van der Waals surface area (Å²) in [5, 5.41) is 16.3. The monoisotopic (exact) mass is 755 g/mol. The molecule has 2 aliphatic rings. The molecule has 0 radical (unpaired) electrons. The van der Waals surface area contributed by atoms with E-state index in [2.05, 4.69) is 46.0 Å². The first-order valence-electron chi connectivity index (χ1n) is 14.4. The number of benzene rings is 2. The molecule has 0 spiro atoms. The Morgan fingerprint density at radius 3 is 1.69 bits per heavy atom. The number of amides is 2. The van der Waals surface area contributed by atoms with Crippen LogP contribution in [0.3, 0.4) is 0 Å². The molecule has 0 unspecified atom stereocenters. The molecule has 4 aromatic rings. The van der Waals surface area contributed by atoms with E-state index in [0.717, 1.165) is 6.07 Å². The van der Waals surface area contributed by atoms with Gasteiger partial charge in [-0.2, -0.15) is 5.26 Å². The Balaban J connectivity index is 0.000000191. The van der Waals surface area contributed by atoms with Gasteiger partial charge in [0.15, 0.2) is 0 Å². The van der Waals surface area contributed by atoms with Crippen molar-refractivity contribution in [2.75, 3.05) is 13.2 Å². The molecule has 6 rings (SSSR count). The number of halogens is 7. The Morgan fingerprint density at radius 1 is 0.776 bits per heavy atom. The summed E-state index contributed by atoms with van der Waals surface area (Å²) in [6, 6.07) is 9.67. The third-order valence-corrected chi connectivity index (χ3v) is 7.81. The van der Waals surface area contributed by atoms with Gasteiger partial charge in [0.05, 0.1) is 22.1 Å². The maximum Gasteiger partial charge on any atom is 0.573 e. The molecule has 0 bridgehead atoms. The van der Waals surface area contributed by atoms with Crippen molar-refractivity contribution in [3.05, 3.63) is 58.8 Å². The summed E-state index contributed by atoms with van der Waals surface area (Å²) in [4.78, 5) is 30.5. The molecule has 2 fully saturated rings. The minimum absolute atomic E-state index is 0.0423. The number of rotatable bonds is 8. The molecule has 2 N–H and O–H groups in total. The number of alkyl halides is 6. The van der Waals surface area contributed by atoms with Crippen molar-refractivity contribution in [1.29, 1.82) is 5.26 Å². The third-order valence-electron chi connectivity index (χ3n) is 7.19. The fourth-order valence-electron chi connectivity index (χ4n) is 5.01. The molecule has 0 saturated carbocycles. The molecule has 2 atom stereocenters. The number of hydrogen-bond donors (Lipinski definition) is 2. The highest BCUT2D eigenvalue weighted by Gasteiger charge is 2.33. The standard InChI is InChI=1S/C16H12F3N3O3.C15H12BrF3N2O3/c17-16(18,19)25-13-6-12-9(5-10(13)7-20)3-4-21-15(12)24-8-11-1-2-14(23)22-11;16-11-5-8-3-4-20-14(23-7-9-1-2-13(22)21-9)10(8)6-12(11)24-15(17,18)19/h3-6,11H,1-2,8H2,(H,22,23);3-6,9H,1-2,7H2,(H,21,22)/t11-;9-/m00/s1. The van der Waals surface area contributed by atoms with Crippen LogP contribution in [0.5, 0.6) is 23.3 Å². The van der Waals surface area contributed by atoms with Crippen LogP contribution in [-0.2, 0) is 9.59 Å². The molecule has 49 heavy (non-hydrogen) atoms. The first-order chi connectivity index (χ1) is 23.2. The summed E-state index contributed by atoms with van der Waals surface area (Å²) < 4.78 is 94.3. The number of aromatic nitrogens is 2. The zero-order chi connectivity index (χ0) is 35.3. The number of hydrogen-bond acceptors (Lipinski definition) is 9. The second-order valence-corrected chi connectivity index (χ2v) is 11.6. The fourth-order valence-corrected chi connectivity index (χ4v) is 5.46. The Labute approximate surface area is 281 Å². The number of nitrogens with zero attached hydrogens (tertiary/aromatic N) is 3. The van der Waals surface area contributed by atoms with E-state index in [1.54, 1.807) is 18.2 Å². The lowest BCUT2D eigenvalue weighted by Gasteiger charge is -2.15. The van der Waals surface area contributed by atoms with Crippen LogP contribution in [-0.4, -0.2) is 59.8 Å². The zero-order valence-corrected chi connectivity index (χ0v) is 26.5. The molecule has 2 aliphatic heterocycles. The van der Waals surface area contributed by atoms with Crippen LogP contribution in [0.15, 0.2) is 53.3 Å². The number of ether oxygens (including phenoxy) is 4. The zero-order valence-electron chi connectivity index (χ0n) is 25.0. The van der Waals surface area contributed by atoms with Gasteiger partial charge < -0.3 is 29.6 Å². The summed E-state index contributed by atoms with van der Waals surface area (Å²) in [7, 11) is 0. The molecular formula is C31H24BrF6N5O6. The van der Waals surface area contributed by atoms with Crippen LogP contribution in [0.2, 0.25) is 0 Å². The van der Waals surface area contributed by atoms with Crippen LogP contribution in [0.25, 0.3) is 21.5 Å². The highest BCUT2D eigenvalue weighted by atomic mass is 79.9. The second kappa shape index (κ2) is 14.6. The quantitative estimate of drug-likeness (QED) is 0.201. The van der Waals surface area contributed by atoms with Gasteiger partial charge in [0.2, 0.25) is 23.6 Å². The Hall–Kier alpha value is -5.05. The number of nitriles is 1. The Bertz CT molecular complexity index is 1920. The van der Waals surface area contributed by atoms with E-state index in [-0.39, 0.29) is 70.0 Å². The largest absolute Gasteiger partial charge is 0.573 e. The molecule has 2 amide bonds. The molecule has 4 heterocycles. The molecule has 2 saturated heterocycles. The van der Waals surface area contributed by atoms with Gasteiger partial charge >= 0.3 is 12.7 Å². The average molecular weight is 756 g/mol. The molecule has 258 valence electrons. The van der Waals surface area contributed by atoms with Crippen LogP contribution in [0.1, 0.15) is 31.2 Å². The van der Waals surface area contributed by atoms with Crippen LogP contribution in [0.4, 0.5) is 26.3 Å². The summed E-state index contributed by atoms with van der Waals surface area (Å²) in [6.45, 7) is 0.344. The van der Waals surface area contributed by atoms with Crippen molar-refractivity contribution in [1.82, 2.24) is 20.6 Å². The summed E-state index contributed by atoms with van der Waals surface area (Å²) in [5.74, 6) is -0.807. The first kappa shape index (κ1) is 35.3. The Kier molecular flexibility index (Phi) is 10.5. The van der Waals surface area contributed by atoms with Crippen molar-refractivity contribution in [3.8, 4) is 29.3 Å². The highest BCUT2D eigenvalue weighted by Crippen LogP contribution is 2.37. The van der Waals surface area contributed by atoms with Gasteiger partial charge in [0, 0.05) is 36.0 Å². The minimum Gasteiger partial charge on any atom is -0.475 e. The SMILES string of the molecule is N#Cc1cc2ccnc(OC[C@@H]3CCC(=O)N3)c2cc1OC(F)(F)F.O=C1CC[C@@H](COc2nccc3cc(Br)c(OC(F)(F)F)cc23)N1. The summed E-state index contributed by atoms with van der Waals surface area (Å²) in [6.07, 6.45) is -4.68. The van der Waals surface area contributed by atoms with Crippen LogP contribution >= 0.6 is 15.9 Å². The minimum atomic E-state index is -4.92. The van der Waals surface area contributed by atoms with Crippen LogP contribution < -0.4 is 29.6 Å². The molecular weight excluding hydrogens is 732 g/mol. The average Bonchev–Trinajstić information content (AvgIpc) is 3.65. The number of carbonyl (C=O) groups is 2. The molecule has 18 heteroatoms. The fraction of sp³-hybridized carbons (Fsp3) is 0.323. The van der Waals surface area contributed by atoms with E-state index in [0.29, 0.717) is 41.8 Å². The van der Waals surface area contributed by atoms with E-state index < -0.39 is 18.5 Å². The maximum absolute atomic E-state index is 12.5. The number of pyridine rings is 2. The van der Waals surface area contributed by atoms with Gasteiger partial charge in [-0.25, -0.2) is 9.97 Å². The van der Waals surface area contributed by atoms with Crippen molar-refractivity contribution < 1.29 is 54.9 Å². The molecule has 0 aliphatic carbocycles. The maximum atomic E-state index is 12.5. The lowest BCUT2D eigenvalue weighted by Crippen LogP contribution is -2.31. The predicted molar refractivity (Wildman–Crippen MR) is 163 cm³/mol. The van der Waals surface area contributed by atoms with Gasteiger partial charge in [-0.05, 0) is 75.9 Å². The van der Waals surface area contributed by atoms with Gasteiger partial charge in [-0.3, -0.25) is 9.59 Å². The third kappa shape index (κ3) is 9.53. The smallest absolute Gasteiger partial charge is 0.475 e. The van der Waals surface area contributed by atoms with Gasteiger partial charge in [0.25, 0.3) is 0 Å². The van der Waals surface area contributed by atoms with Crippen molar-refractivity contribution in [2.24, 2.45) is 0 Å². The first-order valence-corrected chi connectivity index (χ1v) is 15.2. The molecule has 2 aromatic carbocycles. The Morgan fingerprint density at radius 2 is 1.24 bits per heavy atom. The highest BCUT2D eigenvalue weighted by molar-refractivity contribution is 9.10. The number of nitrogens with one attached hydrogen (secondary N) is 2. The van der Waals surface area contributed by atoms with E-state index in [1.807, 2.05) is 0 Å². The van der Waals surface area contributed by atoms with Gasteiger partial charge in [-0.1, -0.05) is 0 Å². The normalized spacial score (nSPS) is 17.5. The van der Waals surface area contributed by atoms with Gasteiger partial charge in [0.1, 0.15) is 30.8 Å². The van der Waals surface area contributed by atoms with E-state index in [9.17, 15) is 35.9 Å². The van der Waals surface area contributed by atoms with Crippen LogP contribution in [0, 0.1) is 11.3 Å². The number of carbonyl (C=O) groups excluding carboxylic acids is 2. The molecule has 11 nitrogen and oxygen atoms in total.